The van der Waals surface area contributed by atoms with E-state index in [9.17, 15) is 4.39 Å². The van der Waals surface area contributed by atoms with Gasteiger partial charge >= 0.3 is 0 Å². The smallest absolute Gasteiger partial charge is 0.125 e. The van der Waals surface area contributed by atoms with Crippen molar-refractivity contribution >= 4 is 0 Å². The molecular formula is C6H6F. The number of allylic oxidation sites excluding steroid dienone is 4. The molecule has 1 atom stereocenters. The Bertz CT molecular complexity index is 103. The topological polar surface area (TPSA) is 0 Å². The summed E-state index contributed by atoms with van der Waals surface area (Å²) < 4.78 is 12.0. The fraction of sp³-hybridized carbons (Fsp3) is 0.167. The van der Waals surface area contributed by atoms with Gasteiger partial charge in [-0.3, -0.25) is 0 Å². The number of alkyl halides is 1. The summed E-state index contributed by atoms with van der Waals surface area (Å²) in [4.78, 5) is 0. The van der Waals surface area contributed by atoms with Crippen molar-refractivity contribution in [3.05, 3.63) is 30.7 Å². The van der Waals surface area contributed by atoms with Crippen LogP contribution in [0, 0.1) is 6.42 Å². The predicted octanol–water partition coefficient (Wildman–Crippen LogP) is 1.65. The first-order valence-corrected chi connectivity index (χ1v) is 2.22. The summed E-state index contributed by atoms with van der Waals surface area (Å²) in [5, 5.41) is 0. The molecule has 0 N–H and O–H groups in total. The highest BCUT2D eigenvalue weighted by atomic mass is 19.1. The van der Waals surface area contributed by atoms with E-state index in [1.807, 2.05) is 0 Å². The van der Waals surface area contributed by atoms with E-state index in [1.54, 1.807) is 18.2 Å². The third-order valence-electron chi connectivity index (χ3n) is 0.812. The van der Waals surface area contributed by atoms with Gasteiger partial charge in [0.25, 0.3) is 0 Å². The Kier molecular flexibility index (Phi) is 1.25. The summed E-state index contributed by atoms with van der Waals surface area (Å²) in [7, 11) is 0. The van der Waals surface area contributed by atoms with Gasteiger partial charge in [-0.2, -0.15) is 0 Å². The zero-order valence-corrected chi connectivity index (χ0v) is 3.84. The molecule has 37 valence electrons. The van der Waals surface area contributed by atoms with E-state index in [2.05, 4.69) is 0 Å². The van der Waals surface area contributed by atoms with Crippen LogP contribution in [0.25, 0.3) is 0 Å². The molecule has 0 nitrogen and oxygen atoms in total. The molecule has 0 spiro atoms. The Morgan fingerprint density at radius 2 is 2.00 bits per heavy atom. The van der Waals surface area contributed by atoms with Crippen LogP contribution in [0.5, 0.6) is 0 Å². The fourth-order valence-corrected chi connectivity index (χ4v) is 0.469. The number of hydrogen-bond acceptors (Lipinski definition) is 0. The number of rotatable bonds is 0. The molecule has 1 aliphatic carbocycles. The molecule has 0 saturated carbocycles. The first kappa shape index (κ1) is 4.57. The maximum Gasteiger partial charge on any atom is 0.125 e. The van der Waals surface area contributed by atoms with Crippen LogP contribution in [0.15, 0.2) is 24.3 Å². The Balaban J connectivity index is 2.49. The lowest BCUT2D eigenvalue weighted by molar-refractivity contribution is 0.450. The second-order valence-corrected chi connectivity index (χ2v) is 1.41. The molecule has 1 unspecified atom stereocenters. The maximum atomic E-state index is 12.0. The number of hydrogen-bond donors (Lipinski definition) is 0. The molecule has 0 aromatic rings. The lowest BCUT2D eigenvalue weighted by atomic mass is 10.2. The van der Waals surface area contributed by atoms with Crippen LogP contribution in [-0.2, 0) is 0 Å². The molecule has 1 heteroatoms. The molecule has 7 heavy (non-hydrogen) atoms. The van der Waals surface area contributed by atoms with Crippen molar-refractivity contribution in [3.8, 4) is 0 Å². The van der Waals surface area contributed by atoms with Crippen molar-refractivity contribution in [2.24, 2.45) is 0 Å². The van der Waals surface area contributed by atoms with Gasteiger partial charge in [0.05, 0.1) is 0 Å². The van der Waals surface area contributed by atoms with Gasteiger partial charge in [0, 0.05) is 6.42 Å². The van der Waals surface area contributed by atoms with Gasteiger partial charge in [-0.15, -0.1) is 0 Å². The first-order valence-electron chi connectivity index (χ1n) is 2.22. The normalized spacial score (nSPS) is 28.4. The van der Waals surface area contributed by atoms with Crippen LogP contribution < -0.4 is 0 Å². The van der Waals surface area contributed by atoms with E-state index in [4.69, 9.17) is 0 Å². The highest BCUT2D eigenvalue weighted by Crippen LogP contribution is 2.03. The van der Waals surface area contributed by atoms with E-state index >= 15 is 0 Å². The second-order valence-electron chi connectivity index (χ2n) is 1.41. The number of halogens is 1. The first-order chi connectivity index (χ1) is 3.39. The van der Waals surface area contributed by atoms with Crippen LogP contribution >= 0.6 is 0 Å². The fourth-order valence-electron chi connectivity index (χ4n) is 0.469. The van der Waals surface area contributed by atoms with Crippen LogP contribution in [0.2, 0.25) is 0 Å². The molecule has 0 aliphatic heterocycles. The van der Waals surface area contributed by atoms with Crippen molar-refractivity contribution in [2.75, 3.05) is 0 Å². The van der Waals surface area contributed by atoms with E-state index in [0.717, 1.165) is 0 Å². The molecule has 0 heterocycles. The molecule has 1 radical (unpaired) electrons. The third-order valence-corrected chi connectivity index (χ3v) is 0.812. The lowest BCUT2D eigenvalue weighted by Crippen LogP contribution is -1.94. The molecule has 0 saturated heterocycles. The summed E-state index contributed by atoms with van der Waals surface area (Å²) >= 11 is 0. The maximum absolute atomic E-state index is 12.0. The monoisotopic (exact) mass is 97.0 g/mol. The zero-order valence-electron chi connectivity index (χ0n) is 3.84. The Morgan fingerprint density at radius 3 is 2.29 bits per heavy atom. The van der Waals surface area contributed by atoms with E-state index in [0.29, 0.717) is 0 Å². The molecule has 1 aliphatic rings. The van der Waals surface area contributed by atoms with Gasteiger partial charge in [0.1, 0.15) is 6.17 Å². The highest BCUT2D eigenvalue weighted by Gasteiger charge is 1.98. The molecule has 0 fully saturated rings. The summed E-state index contributed by atoms with van der Waals surface area (Å²) in [5.41, 5.74) is 0. The molecule has 0 amide bonds. The minimum absolute atomic E-state index is 0.856. The molecular weight excluding hydrogens is 91.1 g/mol. The SMILES string of the molecule is FC1[CH]C=CC=C1. The van der Waals surface area contributed by atoms with Crippen LogP contribution in [0.4, 0.5) is 4.39 Å². The predicted molar refractivity (Wildman–Crippen MR) is 27.5 cm³/mol. The Morgan fingerprint density at radius 1 is 1.14 bits per heavy atom. The van der Waals surface area contributed by atoms with Gasteiger partial charge in [-0.05, 0) is 0 Å². The van der Waals surface area contributed by atoms with Gasteiger partial charge in [0.15, 0.2) is 0 Å². The van der Waals surface area contributed by atoms with Gasteiger partial charge in [-0.1, -0.05) is 24.3 Å². The average Bonchev–Trinajstić information content (AvgIpc) is 1.69. The largest absolute Gasteiger partial charge is 0.242 e. The van der Waals surface area contributed by atoms with Crippen molar-refractivity contribution in [3.63, 3.8) is 0 Å². The molecule has 0 aromatic carbocycles. The van der Waals surface area contributed by atoms with Crippen LogP contribution in [-0.4, -0.2) is 6.17 Å². The summed E-state index contributed by atoms with van der Waals surface area (Å²) in [5.74, 6) is 0. The summed E-state index contributed by atoms with van der Waals surface area (Å²) in [6.45, 7) is 0. The van der Waals surface area contributed by atoms with Crippen molar-refractivity contribution in [2.45, 2.75) is 6.17 Å². The lowest BCUT2D eigenvalue weighted by Gasteiger charge is -1.97. The quantitative estimate of drug-likeness (QED) is 0.431. The average molecular weight is 97.1 g/mol. The van der Waals surface area contributed by atoms with Crippen LogP contribution in [0.1, 0.15) is 0 Å². The standard InChI is InChI=1S/C6H6F/c7-6-4-2-1-3-5-6/h1-6H. The van der Waals surface area contributed by atoms with Gasteiger partial charge < -0.3 is 0 Å². The Labute approximate surface area is 42.3 Å². The zero-order chi connectivity index (χ0) is 5.11. The second kappa shape index (κ2) is 1.92. The summed E-state index contributed by atoms with van der Waals surface area (Å²) in [6.07, 6.45) is 7.34. The van der Waals surface area contributed by atoms with Crippen molar-refractivity contribution in [1.82, 2.24) is 0 Å². The minimum Gasteiger partial charge on any atom is -0.242 e. The van der Waals surface area contributed by atoms with E-state index < -0.39 is 6.17 Å². The third kappa shape index (κ3) is 1.15. The Hall–Kier alpha value is -0.590. The highest BCUT2D eigenvalue weighted by molar-refractivity contribution is 5.19. The minimum atomic E-state index is -0.856. The van der Waals surface area contributed by atoms with Gasteiger partial charge in [-0.25, -0.2) is 4.39 Å². The molecule has 0 aromatic heterocycles. The molecule has 0 bridgehead atoms. The summed E-state index contributed by atoms with van der Waals surface area (Å²) in [6, 6.07) is 0. The van der Waals surface area contributed by atoms with Gasteiger partial charge in [0.2, 0.25) is 0 Å². The molecule has 1 rings (SSSR count). The van der Waals surface area contributed by atoms with E-state index in [-0.39, 0.29) is 0 Å². The van der Waals surface area contributed by atoms with Crippen molar-refractivity contribution in [1.29, 1.82) is 0 Å². The van der Waals surface area contributed by atoms with E-state index in [1.165, 1.54) is 12.5 Å². The van der Waals surface area contributed by atoms with Crippen molar-refractivity contribution < 1.29 is 4.39 Å². The van der Waals surface area contributed by atoms with Crippen LogP contribution in [0.3, 0.4) is 0 Å².